The van der Waals surface area contributed by atoms with Crippen LogP contribution in [0.2, 0.25) is 5.02 Å². The fourth-order valence-electron chi connectivity index (χ4n) is 3.97. The molecule has 2 N–H and O–H groups in total. The maximum atomic E-state index is 12.3. The molecule has 0 saturated carbocycles. The van der Waals surface area contributed by atoms with Crippen LogP contribution in [0, 0.1) is 0 Å². The number of amides is 2. The number of halogens is 1. The van der Waals surface area contributed by atoms with Gasteiger partial charge in [0.25, 0.3) is 5.91 Å². The van der Waals surface area contributed by atoms with Crippen LogP contribution in [0.25, 0.3) is 0 Å². The predicted molar refractivity (Wildman–Crippen MR) is 107 cm³/mol. The molecule has 2 amide bonds. The average molecular weight is 415 g/mol. The molecule has 5 rings (SSSR count). The first-order valence-corrected chi connectivity index (χ1v) is 9.86. The van der Waals surface area contributed by atoms with Gasteiger partial charge in [-0.2, -0.15) is 0 Å². The van der Waals surface area contributed by atoms with Gasteiger partial charge >= 0.3 is 6.09 Å². The van der Waals surface area contributed by atoms with Crippen molar-refractivity contribution in [2.45, 2.75) is 25.0 Å². The summed E-state index contributed by atoms with van der Waals surface area (Å²) in [7, 11) is 0. The number of aromatic nitrogens is 1. The summed E-state index contributed by atoms with van der Waals surface area (Å²) in [5.74, 6) is 0.945. The molecule has 2 atom stereocenters. The molecule has 1 fully saturated rings. The number of nitrogens with one attached hydrogen (secondary N) is 2. The SMILES string of the molecule is O=C1COc2ccc(N3CC(CNC4Cc5cccc(Cl)c5C4)OC3=O)nc2N1. The number of ether oxygens (including phenoxy) is 2. The van der Waals surface area contributed by atoms with E-state index in [1.807, 2.05) is 12.1 Å². The molecule has 2 aliphatic heterocycles. The van der Waals surface area contributed by atoms with Crippen LogP contribution in [0.3, 0.4) is 0 Å². The lowest BCUT2D eigenvalue weighted by Gasteiger charge is -2.19. The molecule has 0 radical (unpaired) electrons. The Hall–Kier alpha value is -2.84. The van der Waals surface area contributed by atoms with E-state index in [0.29, 0.717) is 30.5 Å². The number of pyridine rings is 1. The summed E-state index contributed by atoms with van der Waals surface area (Å²) >= 11 is 6.28. The van der Waals surface area contributed by atoms with Gasteiger partial charge < -0.3 is 20.1 Å². The first-order valence-electron chi connectivity index (χ1n) is 9.48. The van der Waals surface area contributed by atoms with Gasteiger partial charge in [0.15, 0.2) is 18.2 Å². The summed E-state index contributed by atoms with van der Waals surface area (Å²) < 4.78 is 10.8. The number of cyclic esters (lactones) is 1. The molecule has 2 unspecified atom stereocenters. The maximum absolute atomic E-state index is 12.3. The molecular formula is C20H19ClN4O4. The highest BCUT2D eigenvalue weighted by atomic mass is 35.5. The number of carbonyl (C=O) groups excluding carboxylic acids is 2. The van der Waals surface area contributed by atoms with Crippen molar-refractivity contribution in [3.63, 3.8) is 0 Å². The molecule has 150 valence electrons. The summed E-state index contributed by atoms with van der Waals surface area (Å²) in [6.07, 6.45) is 1.04. The lowest BCUT2D eigenvalue weighted by Crippen LogP contribution is -2.38. The second kappa shape index (κ2) is 7.20. The normalized spacial score (nSPS) is 22.6. The Morgan fingerprint density at radius 1 is 1.24 bits per heavy atom. The van der Waals surface area contributed by atoms with Crippen molar-refractivity contribution in [2.24, 2.45) is 0 Å². The van der Waals surface area contributed by atoms with E-state index < -0.39 is 6.09 Å². The van der Waals surface area contributed by atoms with E-state index in [-0.39, 0.29) is 24.7 Å². The lowest BCUT2D eigenvalue weighted by atomic mass is 10.1. The fraction of sp³-hybridized carbons (Fsp3) is 0.350. The Kier molecular flexibility index (Phi) is 4.52. The standard InChI is InChI=1S/C20H19ClN4O4/c21-15-3-1-2-11-6-12(7-14(11)15)22-8-13-9-25(20(27)29-13)17-5-4-16-19(23-17)24-18(26)10-28-16/h1-5,12-13,22H,6-10H2,(H,23,24,26). The Labute approximate surface area is 172 Å². The zero-order chi connectivity index (χ0) is 20.0. The molecule has 3 heterocycles. The van der Waals surface area contributed by atoms with Crippen LogP contribution in [0.1, 0.15) is 11.1 Å². The molecule has 3 aliphatic rings. The van der Waals surface area contributed by atoms with Gasteiger partial charge in [-0.15, -0.1) is 0 Å². The van der Waals surface area contributed by atoms with Crippen molar-refractivity contribution in [3.05, 3.63) is 46.5 Å². The van der Waals surface area contributed by atoms with E-state index in [1.54, 1.807) is 12.1 Å². The first kappa shape index (κ1) is 18.2. The molecule has 0 bridgehead atoms. The van der Waals surface area contributed by atoms with Crippen molar-refractivity contribution in [1.82, 2.24) is 10.3 Å². The summed E-state index contributed by atoms with van der Waals surface area (Å²) in [5, 5.41) is 6.94. The van der Waals surface area contributed by atoms with Crippen molar-refractivity contribution >= 4 is 35.2 Å². The van der Waals surface area contributed by atoms with E-state index in [2.05, 4.69) is 21.7 Å². The van der Waals surface area contributed by atoms with Crippen LogP contribution in [0.4, 0.5) is 16.4 Å². The highest BCUT2D eigenvalue weighted by Crippen LogP contribution is 2.31. The van der Waals surface area contributed by atoms with Crippen LogP contribution in [-0.4, -0.2) is 48.8 Å². The van der Waals surface area contributed by atoms with Crippen LogP contribution in [0.15, 0.2) is 30.3 Å². The number of anilines is 2. The molecule has 1 aliphatic carbocycles. The third-order valence-electron chi connectivity index (χ3n) is 5.38. The van der Waals surface area contributed by atoms with Crippen molar-refractivity contribution in [3.8, 4) is 5.75 Å². The quantitative estimate of drug-likeness (QED) is 0.796. The third-order valence-corrected chi connectivity index (χ3v) is 5.73. The van der Waals surface area contributed by atoms with Crippen LogP contribution in [-0.2, 0) is 22.4 Å². The van der Waals surface area contributed by atoms with Crippen molar-refractivity contribution in [1.29, 1.82) is 0 Å². The molecule has 1 saturated heterocycles. The van der Waals surface area contributed by atoms with Gasteiger partial charge in [-0.1, -0.05) is 23.7 Å². The van der Waals surface area contributed by atoms with Gasteiger partial charge in [-0.3, -0.25) is 9.69 Å². The molecular weight excluding hydrogens is 396 g/mol. The number of nitrogens with zero attached hydrogens (tertiary/aromatic N) is 2. The number of hydrogen-bond acceptors (Lipinski definition) is 6. The smallest absolute Gasteiger partial charge is 0.416 e. The number of hydrogen-bond donors (Lipinski definition) is 2. The highest BCUT2D eigenvalue weighted by Gasteiger charge is 2.34. The van der Waals surface area contributed by atoms with Gasteiger partial charge in [-0.05, 0) is 42.2 Å². The minimum atomic E-state index is -0.454. The summed E-state index contributed by atoms with van der Waals surface area (Å²) in [6, 6.07) is 9.63. The van der Waals surface area contributed by atoms with Crippen LogP contribution < -0.4 is 20.3 Å². The second-order valence-electron chi connectivity index (χ2n) is 7.36. The largest absolute Gasteiger partial charge is 0.480 e. The van der Waals surface area contributed by atoms with Gasteiger partial charge in [-0.25, -0.2) is 9.78 Å². The summed E-state index contributed by atoms with van der Waals surface area (Å²) in [6.45, 7) is 0.889. The first-order chi connectivity index (χ1) is 14.1. The minimum absolute atomic E-state index is 0.0379. The van der Waals surface area contributed by atoms with E-state index in [1.165, 1.54) is 16.0 Å². The second-order valence-corrected chi connectivity index (χ2v) is 7.77. The number of fused-ring (bicyclic) bond motifs is 2. The molecule has 8 nitrogen and oxygen atoms in total. The zero-order valence-corrected chi connectivity index (χ0v) is 16.2. The summed E-state index contributed by atoms with van der Waals surface area (Å²) in [5.41, 5.74) is 2.46. The van der Waals surface area contributed by atoms with Crippen molar-refractivity contribution < 1.29 is 19.1 Å². The molecule has 1 aromatic carbocycles. The van der Waals surface area contributed by atoms with E-state index >= 15 is 0 Å². The average Bonchev–Trinajstić information content (AvgIpc) is 3.30. The number of carbonyl (C=O) groups is 2. The van der Waals surface area contributed by atoms with Crippen LogP contribution >= 0.6 is 11.6 Å². The Balaban J connectivity index is 1.21. The van der Waals surface area contributed by atoms with E-state index in [0.717, 1.165) is 17.9 Å². The number of benzene rings is 1. The third kappa shape index (κ3) is 3.49. The molecule has 29 heavy (non-hydrogen) atoms. The zero-order valence-electron chi connectivity index (χ0n) is 15.5. The molecule has 2 aromatic rings. The molecule has 0 spiro atoms. The van der Waals surface area contributed by atoms with Crippen LogP contribution in [0.5, 0.6) is 5.75 Å². The van der Waals surface area contributed by atoms with Gasteiger partial charge in [0.2, 0.25) is 0 Å². The predicted octanol–water partition coefficient (Wildman–Crippen LogP) is 2.15. The van der Waals surface area contributed by atoms with E-state index in [9.17, 15) is 9.59 Å². The topological polar surface area (TPSA) is 92.8 Å². The fourth-order valence-corrected chi connectivity index (χ4v) is 4.24. The Morgan fingerprint density at radius 3 is 3.00 bits per heavy atom. The molecule has 1 aromatic heterocycles. The lowest BCUT2D eigenvalue weighted by molar-refractivity contribution is -0.118. The minimum Gasteiger partial charge on any atom is -0.480 e. The van der Waals surface area contributed by atoms with Gasteiger partial charge in [0.1, 0.15) is 11.9 Å². The Morgan fingerprint density at radius 2 is 2.14 bits per heavy atom. The highest BCUT2D eigenvalue weighted by molar-refractivity contribution is 6.31. The van der Waals surface area contributed by atoms with Gasteiger partial charge in [0.05, 0.1) is 6.54 Å². The number of rotatable bonds is 4. The Bertz CT molecular complexity index is 998. The van der Waals surface area contributed by atoms with E-state index in [4.69, 9.17) is 21.1 Å². The van der Waals surface area contributed by atoms with Gasteiger partial charge in [0, 0.05) is 17.6 Å². The summed E-state index contributed by atoms with van der Waals surface area (Å²) in [4.78, 5) is 29.6. The van der Waals surface area contributed by atoms with Crippen molar-refractivity contribution in [2.75, 3.05) is 29.9 Å². The molecule has 9 heteroatoms. The monoisotopic (exact) mass is 414 g/mol. The maximum Gasteiger partial charge on any atom is 0.416 e.